The van der Waals surface area contributed by atoms with Crippen LogP contribution in [0.1, 0.15) is 30.0 Å². The van der Waals surface area contributed by atoms with E-state index in [-0.39, 0.29) is 17.9 Å². The van der Waals surface area contributed by atoms with Gasteiger partial charge in [0.05, 0.1) is 18.5 Å². The minimum atomic E-state index is -0.215. The summed E-state index contributed by atoms with van der Waals surface area (Å²) in [7, 11) is 0. The molecule has 0 aliphatic rings. The quantitative estimate of drug-likeness (QED) is 0.759. The Morgan fingerprint density at radius 1 is 1.04 bits per heavy atom. The van der Waals surface area contributed by atoms with E-state index < -0.39 is 0 Å². The Kier molecular flexibility index (Phi) is 5.01. The van der Waals surface area contributed by atoms with Crippen LogP contribution in [0.5, 0.6) is 0 Å². The van der Waals surface area contributed by atoms with E-state index in [0.717, 1.165) is 11.1 Å². The molecular formula is C19H20N4O. The van der Waals surface area contributed by atoms with Gasteiger partial charge in [-0.2, -0.15) is 5.10 Å². The first-order valence-electron chi connectivity index (χ1n) is 7.96. The predicted octanol–water partition coefficient (Wildman–Crippen LogP) is 2.94. The van der Waals surface area contributed by atoms with E-state index in [1.165, 1.54) is 6.33 Å². The second-order valence-corrected chi connectivity index (χ2v) is 5.72. The summed E-state index contributed by atoms with van der Waals surface area (Å²) < 4.78 is 1.73. The molecule has 1 N–H and O–H groups in total. The number of nitrogens with zero attached hydrogens (tertiary/aromatic N) is 3. The molecule has 5 nitrogen and oxygen atoms in total. The zero-order chi connectivity index (χ0) is 16.8. The van der Waals surface area contributed by atoms with Crippen LogP contribution >= 0.6 is 0 Å². The summed E-state index contributed by atoms with van der Waals surface area (Å²) in [6.07, 6.45) is 3.15. The highest BCUT2D eigenvalue weighted by atomic mass is 16.1. The second kappa shape index (κ2) is 7.55. The molecule has 3 aromatic rings. The molecule has 0 bridgehead atoms. The summed E-state index contributed by atoms with van der Waals surface area (Å²) in [6, 6.07) is 19.5. The van der Waals surface area contributed by atoms with E-state index in [4.69, 9.17) is 0 Å². The van der Waals surface area contributed by atoms with Gasteiger partial charge in [-0.25, -0.2) is 4.98 Å². The fraction of sp³-hybridized carbons (Fsp3) is 0.211. The van der Waals surface area contributed by atoms with Gasteiger partial charge in [0.1, 0.15) is 12.7 Å². The Morgan fingerprint density at radius 2 is 1.67 bits per heavy atom. The minimum Gasteiger partial charge on any atom is -0.347 e. The van der Waals surface area contributed by atoms with Crippen LogP contribution in [-0.2, 0) is 11.3 Å². The van der Waals surface area contributed by atoms with Crippen LogP contribution in [0.2, 0.25) is 0 Å². The number of carbonyl (C=O) groups is 1. The number of carbonyl (C=O) groups excluding carboxylic acids is 1. The molecule has 1 heterocycles. The Labute approximate surface area is 141 Å². The van der Waals surface area contributed by atoms with Gasteiger partial charge in [0, 0.05) is 0 Å². The van der Waals surface area contributed by atoms with Gasteiger partial charge in [-0.05, 0) is 18.1 Å². The van der Waals surface area contributed by atoms with Crippen molar-refractivity contribution in [3.8, 4) is 0 Å². The maximum absolute atomic E-state index is 12.7. The highest BCUT2D eigenvalue weighted by molar-refractivity contribution is 5.83. The van der Waals surface area contributed by atoms with Crippen LogP contribution in [0.3, 0.4) is 0 Å². The first kappa shape index (κ1) is 15.9. The van der Waals surface area contributed by atoms with Crippen LogP contribution in [0.25, 0.3) is 0 Å². The van der Waals surface area contributed by atoms with Crippen LogP contribution in [0, 0.1) is 0 Å². The summed E-state index contributed by atoms with van der Waals surface area (Å²) in [4.78, 5) is 16.7. The van der Waals surface area contributed by atoms with Gasteiger partial charge in [0.15, 0.2) is 0 Å². The van der Waals surface area contributed by atoms with E-state index in [0.29, 0.717) is 6.54 Å². The molecule has 0 fully saturated rings. The SMILES string of the molecule is CC(C(=O)NC(Cn1cncn1)c1ccccc1)c1ccccc1. The van der Waals surface area contributed by atoms with Crippen molar-refractivity contribution in [2.45, 2.75) is 25.4 Å². The fourth-order valence-electron chi connectivity index (χ4n) is 2.62. The topological polar surface area (TPSA) is 59.8 Å². The third kappa shape index (κ3) is 3.87. The first-order valence-corrected chi connectivity index (χ1v) is 7.96. The standard InChI is InChI=1S/C19H20N4O/c1-15(16-8-4-2-5-9-16)19(24)22-18(12-23-14-20-13-21-23)17-10-6-3-7-11-17/h2-11,13-15,18H,12H2,1H3,(H,22,24). The maximum Gasteiger partial charge on any atom is 0.227 e. The first-order chi connectivity index (χ1) is 11.7. The highest BCUT2D eigenvalue weighted by Crippen LogP contribution is 2.19. The Morgan fingerprint density at radius 3 is 2.25 bits per heavy atom. The molecule has 1 amide bonds. The number of nitrogens with one attached hydrogen (secondary N) is 1. The van der Waals surface area contributed by atoms with Gasteiger partial charge in [-0.15, -0.1) is 0 Å². The molecule has 0 spiro atoms. The van der Waals surface area contributed by atoms with E-state index in [2.05, 4.69) is 15.4 Å². The average molecular weight is 320 g/mol. The molecule has 3 rings (SSSR count). The van der Waals surface area contributed by atoms with E-state index >= 15 is 0 Å². The van der Waals surface area contributed by atoms with Gasteiger partial charge in [0.2, 0.25) is 5.91 Å². The summed E-state index contributed by atoms with van der Waals surface area (Å²) in [6.45, 7) is 2.46. The molecule has 0 aliphatic heterocycles. The molecule has 2 unspecified atom stereocenters. The van der Waals surface area contributed by atoms with Crippen molar-refractivity contribution in [3.63, 3.8) is 0 Å². The number of aromatic nitrogens is 3. The lowest BCUT2D eigenvalue weighted by Gasteiger charge is -2.21. The molecule has 24 heavy (non-hydrogen) atoms. The number of amides is 1. The average Bonchev–Trinajstić information content (AvgIpc) is 3.15. The van der Waals surface area contributed by atoms with Crippen molar-refractivity contribution in [3.05, 3.63) is 84.4 Å². The van der Waals surface area contributed by atoms with Crippen molar-refractivity contribution in [2.24, 2.45) is 0 Å². The monoisotopic (exact) mass is 320 g/mol. The number of rotatable bonds is 6. The summed E-state index contributed by atoms with van der Waals surface area (Å²) >= 11 is 0. The van der Waals surface area contributed by atoms with Crippen molar-refractivity contribution >= 4 is 5.91 Å². The summed E-state index contributed by atoms with van der Waals surface area (Å²) in [5, 5.41) is 7.29. The molecule has 0 saturated carbocycles. The van der Waals surface area contributed by atoms with Crippen LogP contribution in [-0.4, -0.2) is 20.7 Å². The van der Waals surface area contributed by atoms with Gasteiger partial charge in [-0.3, -0.25) is 9.48 Å². The smallest absolute Gasteiger partial charge is 0.227 e. The van der Waals surface area contributed by atoms with Crippen LogP contribution < -0.4 is 5.32 Å². The lowest BCUT2D eigenvalue weighted by Crippen LogP contribution is -2.34. The largest absolute Gasteiger partial charge is 0.347 e. The zero-order valence-electron chi connectivity index (χ0n) is 13.5. The van der Waals surface area contributed by atoms with Gasteiger partial charge in [0.25, 0.3) is 0 Å². The predicted molar refractivity (Wildman–Crippen MR) is 92.2 cm³/mol. The molecule has 0 saturated heterocycles. The van der Waals surface area contributed by atoms with E-state index in [9.17, 15) is 4.79 Å². The van der Waals surface area contributed by atoms with Crippen molar-refractivity contribution in [1.29, 1.82) is 0 Å². The van der Waals surface area contributed by atoms with E-state index in [1.807, 2.05) is 67.6 Å². The van der Waals surface area contributed by atoms with Crippen molar-refractivity contribution < 1.29 is 4.79 Å². The summed E-state index contributed by atoms with van der Waals surface area (Å²) in [5.74, 6) is -0.219. The normalized spacial score (nSPS) is 13.2. The third-order valence-corrected chi connectivity index (χ3v) is 4.05. The number of benzene rings is 2. The minimum absolute atomic E-state index is 0.00447. The fourth-order valence-corrected chi connectivity index (χ4v) is 2.62. The second-order valence-electron chi connectivity index (χ2n) is 5.72. The highest BCUT2D eigenvalue weighted by Gasteiger charge is 2.20. The Hall–Kier alpha value is -2.95. The van der Waals surface area contributed by atoms with Crippen molar-refractivity contribution in [1.82, 2.24) is 20.1 Å². The molecule has 5 heteroatoms. The lowest BCUT2D eigenvalue weighted by molar-refractivity contribution is -0.123. The van der Waals surface area contributed by atoms with Gasteiger partial charge in [-0.1, -0.05) is 60.7 Å². The molecule has 2 aromatic carbocycles. The lowest BCUT2D eigenvalue weighted by atomic mass is 9.99. The van der Waals surface area contributed by atoms with E-state index in [1.54, 1.807) is 11.0 Å². The molecule has 2 atom stereocenters. The molecular weight excluding hydrogens is 300 g/mol. The van der Waals surface area contributed by atoms with Crippen molar-refractivity contribution in [2.75, 3.05) is 0 Å². The molecule has 1 aromatic heterocycles. The van der Waals surface area contributed by atoms with Gasteiger partial charge < -0.3 is 5.32 Å². The number of hydrogen-bond acceptors (Lipinski definition) is 3. The maximum atomic E-state index is 12.7. The van der Waals surface area contributed by atoms with Crippen LogP contribution in [0.4, 0.5) is 0 Å². The zero-order valence-corrected chi connectivity index (χ0v) is 13.5. The molecule has 0 aliphatic carbocycles. The van der Waals surface area contributed by atoms with Crippen LogP contribution in [0.15, 0.2) is 73.3 Å². The molecule has 122 valence electrons. The summed E-state index contributed by atoms with van der Waals surface area (Å²) in [5.41, 5.74) is 2.05. The molecule has 0 radical (unpaired) electrons. The van der Waals surface area contributed by atoms with Gasteiger partial charge >= 0.3 is 0 Å². The Balaban J connectivity index is 1.77. The number of hydrogen-bond donors (Lipinski definition) is 1. The third-order valence-electron chi connectivity index (χ3n) is 4.05. The Bertz CT molecular complexity index is 757.